The van der Waals surface area contributed by atoms with Gasteiger partial charge in [-0.15, -0.1) is 0 Å². The first-order valence-corrected chi connectivity index (χ1v) is 8.98. The van der Waals surface area contributed by atoms with Crippen LogP contribution in [-0.2, 0) is 7.05 Å². The van der Waals surface area contributed by atoms with Crippen LogP contribution < -0.4 is 15.8 Å². The number of nitrogens with zero attached hydrogens (tertiary/aromatic N) is 4. The van der Waals surface area contributed by atoms with Gasteiger partial charge in [0.25, 0.3) is 5.91 Å². The van der Waals surface area contributed by atoms with E-state index in [1.54, 1.807) is 13.4 Å². The average Bonchev–Trinajstić information content (AvgIpc) is 3.10. The van der Waals surface area contributed by atoms with E-state index in [9.17, 15) is 4.79 Å². The zero-order chi connectivity index (χ0) is 20.5. The smallest absolute Gasteiger partial charge is 0.271 e. The summed E-state index contributed by atoms with van der Waals surface area (Å²) < 4.78 is 7.09. The summed E-state index contributed by atoms with van der Waals surface area (Å²) in [6.45, 7) is 1.84. The van der Waals surface area contributed by atoms with E-state index in [2.05, 4.69) is 20.3 Å². The summed E-state index contributed by atoms with van der Waals surface area (Å²) in [7, 11) is 3.53. The molecule has 29 heavy (non-hydrogen) atoms. The first-order valence-electron chi connectivity index (χ1n) is 8.98. The number of imidazole rings is 1. The Bertz CT molecular complexity index is 1210. The molecule has 3 N–H and O–H groups in total. The van der Waals surface area contributed by atoms with Gasteiger partial charge in [-0.2, -0.15) is 0 Å². The fourth-order valence-corrected chi connectivity index (χ4v) is 3.19. The van der Waals surface area contributed by atoms with Crippen molar-refractivity contribution in [1.82, 2.24) is 19.5 Å². The van der Waals surface area contributed by atoms with Crippen LogP contribution >= 0.6 is 0 Å². The van der Waals surface area contributed by atoms with Gasteiger partial charge in [0.2, 0.25) is 0 Å². The van der Waals surface area contributed by atoms with Crippen LogP contribution in [0.15, 0.2) is 48.8 Å². The summed E-state index contributed by atoms with van der Waals surface area (Å²) in [6, 6.07) is 13.1. The molecule has 0 saturated heterocycles. The Morgan fingerprint density at radius 2 is 1.90 bits per heavy atom. The molecule has 0 spiro atoms. The topological polar surface area (TPSA) is 108 Å². The lowest BCUT2D eigenvalue weighted by Gasteiger charge is -2.13. The number of fused-ring (bicyclic) bond motifs is 1. The number of primary amides is 1. The average molecular weight is 388 g/mol. The van der Waals surface area contributed by atoms with Crippen LogP contribution in [0, 0.1) is 6.92 Å². The lowest BCUT2D eigenvalue weighted by molar-refractivity contribution is 0.0996. The quantitative estimate of drug-likeness (QED) is 0.544. The third-order valence-electron chi connectivity index (χ3n) is 4.67. The van der Waals surface area contributed by atoms with E-state index in [4.69, 9.17) is 10.5 Å². The fraction of sp³-hybridized carbons (Fsp3) is 0.143. The molecule has 146 valence electrons. The zero-order valence-electron chi connectivity index (χ0n) is 16.3. The lowest BCUT2D eigenvalue weighted by Crippen LogP contribution is -2.18. The van der Waals surface area contributed by atoms with Gasteiger partial charge in [0.15, 0.2) is 11.5 Å². The van der Waals surface area contributed by atoms with Crippen LogP contribution in [0.5, 0.6) is 5.75 Å². The van der Waals surface area contributed by atoms with Crippen LogP contribution in [0.25, 0.3) is 22.3 Å². The number of aryl methyl sites for hydroxylation is 2. The van der Waals surface area contributed by atoms with Gasteiger partial charge in [0.1, 0.15) is 5.75 Å². The maximum Gasteiger partial charge on any atom is 0.271 e. The molecule has 1 amide bonds. The van der Waals surface area contributed by atoms with Crippen molar-refractivity contribution in [3.63, 3.8) is 0 Å². The number of carbonyl (C=O) groups excluding carboxylic acids is 1. The van der Waals surface area contributed by atoms with E-state index >= 15 is 0 Å². The summed E-state index contributed by atoms with van der Waals surface area (Å²) >= 11 is 0. The molecule has 8 nitrogen and oxygen atoms in total. The predicted molar refractivity (Wildman–Crippen MR) is 111 cm³/mol. The number of para-hydroxylation sites is 1. The fourth-order valence-electron chi connectivity index (χ4n) is 3.19. The monoisotopic (exact) mass is 388 g/mol. The van der Waals surface area contributed by atoms with Gasteiger partial charge < -0.3 is 20.4 Å². The Morgan fingerprint density at radius 3 is 2.59 bits per heavy atom. The number of hydrogen-bond acceptors (Lipinski definition) is 6. The van der Waals surface area contributed by atoms with Crippen LogP contribution in [0.3, 0.4) is 0 Å². The Balaban J connectivity index is 1.81. The summed E-state index contributed by atoms with van der Waals surface area (Å²) in [5, 5.41) is 3.12. The molecule has 0 bridgehead atoms. The maximum atomic E-state index is 12.1. The summed E-state index contributed by atoms with van der Waals surface area (Å²) in [5.41, 5.74) is 10.2. The predicted octanol–water partition coefficient (Wildman–Crippen LogP) is 3.19. The lowest BCUT2D eigenvalue weighted by atomic mass is 10.1. The van der Waals surface area contributed by atoms with Crippen molar-refractivity contribution in [1.29, 1.82) is 0 Å². The minimum atomic E-state index is -0.664. The van der Waals surface area contributed by atoms with Crippen molar-refractivity contribution < 1.29 is 9.53 Å². The second kappa shape index (κ2) is 7.23. The third-order valence-corrected chi connectivity index (χ3v) is 4.67. The van der Waals surface area contributed by atoms with Crippen LogP contribution in [0.2, 0.25) is 0 Å². The van der Waals surface area contributed by atoms with Crippen molar-refractivity contribution in [2.45, 2.75) is 6.92 Å². The highest BCUT2D eigenvalue weighted by molar-refractivity contribution is 5.98. The number of anilines is 2. The molecule has 2 aromatic carbocycles. The zero-order valence-corrected chi connectivity index (χ0v) is 16.3. The summed E-state index contributed by atoms with van der Waals surface area (Å²) in [5.74, 6) is 0.367. The van der Waals surface area contributed by atoms with E-state index in [0.717, 1.165) is 28.0 Å². The van der Waals surface area contributed by atoms with E-state index < -0.39 is 5.91 Å². The SMILES string of the molecule is COc1ccc(Nc2nc(C)c(-c3cccc4c3ncn4C)nc2C(N)=O)cc1. The van der Waals surface area contributed by atoms with E-state index in [1.165, 1.54) is 0 Å². The normalized spacial score (nSPS) is 10.9. The van der Waals surface area contributed by atoms with Gasteiger partial charge in [0, 0.05) is 18.3 Å². The summed E-state index contributed by atoms with van der Waals surface area (Å²) in [4.78, 5) is 25.7. The number of benzene rings is 2. The molecule has 0 aliphatic carbocycles. The van der Waals surface area contributed by atoms with Crippen molar-refractivity contribution >= 4 is 28.4 Å². The number of nitrogens with two attached hydrogens (primary N) is 1. The first-order chi connectivity index (χ1) is 14.0. The minimum absolute atomic E-state index is 0.0642. The number of nitrogens with one attached hydrogen (secondary N) is 1. The second-order valence-electron chi connectivity index (χ2n) is 6.60. The molecule has 4 aromatic rings. The van der Waals surface area contributed by atoms with Gasteiger partial charge in [-0.1, -0.05) is 12.1 Å². The highest BCUT2D eigenvalue weighted by Gasteiger charge is 2.19. The number of amides is 1. The van der Waals surface area contributed by atoms with E-state index in [1.807, 2.05) is 61.0 Å². The Labute approximate surface area is 167 Å². The van der Waals surface area contributed by atoms with E-state index in [-0.39, 0.29) is 5.69 Å². The van der Waals surface area contributed by atoms with Crippen molar-refractivity contribution in [2.24, 2.45) is 12.8 Å². The third kappa shape index (κ3) is 3.36. The molecule has 0 unspecified atom stereocenters. The molecule has 2 heterocycles. The minimum Gasteiger partial charge on any atom is -0.497 e. The number of methoxy groups -OCH3 is 1. The van der Waals surface area contributed by atoms with Gasteiger partial charge in [-0.3, -0.25) is 4.79 Å². The standard InChI is InChI=1S/C21H20N6O2/c1-12-17(15-5-4-6-16-18(15)23-11-27(16)2)26-19(20(22)28)21(24-12)25-13-7-9-14(29-3)10-8-13/h4-11H,1-3H3,(H2,22,28)(H,24,25). The Morgan fingerprint density at radius 1 is 1.14 bits per heavy atom. The molecule has 0 atom stereocenters. The van der Waals surface area contributed by atoms with Gasteiger partial charge in [0.05, 0.1) is 35.9 Å². The van der Waals surface area contributed by atoms with Crippen molar-refractivity contribution in [3.05, 3.63) is 60.2 Å². The molecule has 0 aliphatic heterocycles. The van der Waals surface area contributed by atoms with Crippen LogP contribution in [0.4, 0.5) is 11.5 Å². The second-order valence-corrected chi connectivity index (χ2v) is 6.60. The summed E-state index contributed by atoms with van der Waals surface area (Å²) in [6.07, 6.45) is 1.74. The van der Waals surface area contributed by atoms with Gasteiger partial charge in [-0.25, -0.2) is 15.0 Å². The van der Waals surface area contributed by atoms with Crippen LogP contribution in [0.1, 0.15) is 16.2 Å². The number of aromatic nitrogens is 4. The number of carbonyl (C=O) groups is 1. The molecule has 0 aliphatic rings. The number of ether oxygens (including phenoxy) is 1. The Hall–Kier alpha value is -3.94. The first kappa shape index (κ1) is 18.4. The molecule has 4 rings (SSSR count). The van der Waals surface area contributed by atoms with E-state index in [0.29, 0.717) is 17.2 Å². The van der Waals surface area contributed by atoms with Gasteiger partial charge >= 0.3 is 0 Å². The largest absolute Gasteiger partial charge is 0.497 e. The molecule has 0 fully saturated rings. The molecule has 2 aromatic heterocycles. The van der Waals surface area contributed by atoms with Crippen LogP contribution in [-0.4, -0.2) is 32.5 Å². The number of hydrogen-bond donors (Lipinski definition) is 2. The molecule has 0 saturated carbocycles. The molecular formula is C21H20N6O2. The maximum absolute atomic E-state index is 12.1. The molecule has 8 heteroatoms. The Kier molecular flexibility index (Phi) is 4.59. The highest BCUT2D eigenvalue weighted by Crippen LogP contribution is 2.30. The van der Waals surface area contributed by atoms with Crippen molar-refractivity contribution in [3.8, 4) is 17.0 Å². The van der Waals surface area contributed by atoms with Gasteiger partial charge in [-0.05, 0) is 37.3 Å². The van der Waals surface area contributed by atoms with Crippen molar-refractivity contribution in [2.75, 3.05) is 12.4 Å². The highest BCUT2D eigenvalue weighted by atomic mass is 16.5. The molecular weight excluding hydrogens is 368 g/mol. The molecule has 0 radical (unpaired) electrons. The number of rotatable bonds is 5.